The number of rotatable bonds is 8. The Kier molecular flexibility index (Phi) is 5.88. The molecule has 1 aliphatic heterocycles. The molecule has 4 rings (SSSR count). The van der Waals surface area contributed by atoms with Gasteiger partial charge in [0.15, 0.2) is 0 Å². The van der Waals surface area contributed by atoms with Crippen LogP contribution in [0.25, 0.3) is 0 Å². The normalized spacial score (nSPS) is 13.6. The Morgan fingerprint density at radius 1 is 0.806 bits per heavy atom. The molecule has 0 saturated carbocycles. The molecule has 0 radical (unpaired) electrons. The molecule has 0 saturated heterocycles. The van der Waals surface area contributed by atoms with Crippen molar-refractivity contribution >= 4 is 21.8 Å². The number of aromatic nitrogens is 2. The van der Waals surface area contributed by atoms with Gasteiger partial charge in [0.1, 0.15) is 0 Å². The van der Waals surface area contributed by atoms with Crippen LogP contribution in [0.15, 0.2) is 78.2 Å². The standard InChI is InChI=1S/C22H20N4O4S/c27-21-19-4-1-2-5-20(19)22(28)26(21)15-3-14-25(16-17-6-10-23-11-7-17)31(29,30)18-8-12-24-13-9-18/h1-2,4-13H,3,14-16H2. The summed E-state index contributed by atoms with van der Waals surface area (Å²) in [6, 6.07) is 13.1. The molecular weight excluding hydrogens is 416 g/mol. The van der Waals surface area contributed by atoms with E-state index in [0.29, 0.717) is 17.5 Å². The Balaban J connectivity index is 1.51. The lowest BCUT2D eigenvalue weighted by molar-refractivity contribution is 0.0650. The van der Waals surface area contributed by atoms with Gasteiger partial charge in [0, 0.05) is 44.4 Å². The second-order valence-corrected chi connectivity index (χ2v) is 8.98. The lowest BCUT2D eigenvalue weighted by atomic mass is 10.1. The first kappa shape index (κ1) is 20.8. The summed E-state index contributed by atoms with van der Waals surface area (Å²) >= 11 is 0. The molecule has 3 heterocycles. The first-order valence-corrected chi connectivity index (χ1v) is 11.2. The van der Waals surface area contributed by atoms with Crippen LogP contribution < -0.4 is 0 Å². The smallest absolute Gasteiger partial charge is 0.261 e. The van der Waals surface area contributed by atoms with E-state index in [1.807, 2.05) is 0 Å². The van der Waals surface area contributed by atoms with Crippen LogP contribution >= 0.6 is 0 Å². The molecule has 2 aromatic heterocycles. The maximum atomic E-state index is 13.2. The highest BCUT2D eigenvalue weighted by Gasteiger charge is 2.35. The molecule has 0 bridgehead atoms. The van der Waals surface area contributed by atoms with Crippen molar-refractivity contribution in [2.24, 2.45) is 0 Å². The third kappa shape index (κ3) is 4.23. The molecule has 2 amide bonds. The third-order valence-corrected chi connectivity index (χ3v) is 6.92. The molecule has 0 N–H and O–H groups in total. The number of hydrogen-bond acceptors (Lipinski definition) is 6. The van der Waals surface area contributed by atoms with E-state index >= 15 is 0 Å². The van der Waals surface area contributed by atoms with E-state index in [1.54, 1.807) is 48.8 Å². The van der Waals surface area contributed by atoms with E-state index in [-0.39, 0.29) is 36.3 Å². The molecular formula is C22H20N4O4S. The van der Waals surface area contributed by atoms with Gasteiger partial charge in [0.25, 0.3) is 11.8 Å². The van der Waals surface area contributed by atoms with E-state index in [4.69, 9.17) is 0 Å². The minimum absolute atomic E-state index is 0.130. The van der Waals surface area contributed by atoms with Crippen LogP contribution in [0.3, 0.4) is 0 Å². The molecule has 0 aliphatic carbocycles. The summed E-state index contributed by atoms with van der Waals surface area (Å²) < 4.78 is 27.8. The second-order valence-electron chi connectivity index (χ2n) is 7.04. The van der Waals surface area contributed by atoms with Gasteiger partial charge >= 0.3 is 0 Å². The zero-order valence-electron chi connectivity index (χ0n) is 16.6. The number of amides is 2. The van der Waals surface area contributed by atoms with E-state index < -0.39 is 10.0 Å². The van der Waals surface area contributed by atoms with Gasteiger partial charge in [0.2, 0.25) is 10.0 Å². The fourth-order valence-corrected chi connectivity index (χ4v) is 4.94. The maximum absolute atomic E-state index is 13.2. The summed E-state index contributed by atoms with van der Waals surface area (Å²) in [7, 11) is -3.79. The second kappa shape index (κ2) is 8.75. The van der Waals surface area contributed by atoms with E-state index in [2.05, 4.69) is 9.97 Å². The van der Waals surface area contributed by atoms with Gasteiger partial charge in [-0.3, -0.25) is 24.5 Å². The van der Waals surface area contributed by atoms with Crippen LogP contribution in [0, 0.1) is 0 Å². The molecule has 0 atom stereocenters. The van der Waals surface area contributed by atoms with Crippen molar-refractivity contribution < 1.29 is 18.0 Å². The van der Waals surface area contributed by atoms with Crippen molar-refractivity contribution in [3.8, 4) is 0 Å². The van der Waals surface area contributed by atoms with Crippen LogP contribution in [0.2, 0.25) is 0 Å². The molecule has 1 aliphatic rings. The molecule has 3 aromatic rings. The van der Waals surface area contributed by atoms with Gasteiger partial charge in [0.05, 0.1) is 16.0 Å². The lowest BCUT2D eigenvalue weighted by Crippen LogP contribution is -2.36. The Bertz CT molecular complexity index is 1170. The van der Waals surface area contributed by atoms with Crippen LogP contribution in [0.1, 0.15) is 32.7 Å². The summed E-state index contributed by atoms with van der Waals surface area (Å²) in [4.78, 5) is 34.3. The quantitative estimate of drug-likeness (QED) is 0.503. The van der Waals surface area contributed by atoms with Crippen molar-refractivity contribution in [2.45, 2.75) is 17.9 Å². The Hall–Kier alpha value is -3.43. The van der Waals surface area contributed by atoms with Gasteiger partial charge < -0.3 is 0 Å². The predicted molar refractivity (Wildman–Crippen MR) is 112 cm³/mol. The fraction of sp³-hybridized carbons (Fsp3) is 0.182. The number of nitrogens with zero attached hydrogens (tertiary/aromatic N) is 4. The number of fused-ring (bicyclic) bond motifs is 1. The molecule has 1 aromatic carbocycles. The predicted octanol–water partition coefficient (Wildman–Crippen LogP) is 2.35. The monoisotopic (exact) mass is 436 g/mol. The molecule has 8 nitrogen and oxygen atoms in total. The highest BCUT2D eigenvalue weighted by molar-refractivity contribution is 7.89. The summed E-state index contributed by atoms with van der Waals surface area (Å²) in [6.45, 7) is 0.417. The minimum atomic E-state index is -3.79. The molecule has 158 valence electrons. The average Bonchev–Trinajstić information content (AvgIpc) is 3.04. The highest BCUT2D eigenvalue weighted by Crippen LogP contribution is 2.23. The first-order valence-electron chi connectivity index (χ1n) is 9.73. The van der Waals surface area contributed by atoms with Crippen molar-refractivity contribution in [2.75, 3.05) is 13.1 Å². The number of sulfonamides is 1. The summed E-state index contributed by atoms with van der Waals surface area (Å²) in [5.74, 6) is -0.698. The lowest BCUT2D eigenvalue weighted by Gasteiger charge is -2.23. The number of hydrogen-bond donors (Lipinski definition) is 0. The van der Waals surface area contributed by atoms with Crippen molar-refractivity contribution in [3.05, 3.63) is 90.0 Å². The van der Waals surface area contributed by atoms with Crippen molar-refractivity contribution in [1.82, 2.24) is 19.2 Å². The van der Waals surface area contributed by atoms with Gasteiger partial charge in [-0.2, -0.15) is 4.31 Å². The number of carbonyl (C=O) groups is 2. The summed E-state index contributed by atoms with van der Waals surface area (Å²) in [5.41, 5.74) is 1.55. The van der Waals surface area contributed by atoms with Gasteiger partial charge in [-0.25, -0.2) is 8.42 Å². The summed E-state index contributed by atoms with van der Waals surface area (Å²) in [6.07, 6.45) is 6.37. The van der Waals surface area contributed by atoms with E-state index in [0.717, 1.165) is 5.56 Å². The minimum Gasteiger partial charge on any atom is -0.274 e. The largest absolute Gasteiger partial charge is 0.274 e. The first-order chi connectivity index (χ1) is 15.0. The average molecular weight is 436 g/mol. The summed E-state index contributed by atoms with van der Waals surface area (Å²) in [5, 5.41) is 0. The number of benzene rings is 1. The third-order valence-electron chi connectivity index (χ3n) is 5.06. The SMILES string of the molecule is O=C1c2ccccc2C(=O)N1CCCN(Cc1ccncc1)S(=O)(=O)c1ccncc1. The molecule has 0 unspecified atom stereocenters. The number of carbonyl (C=O) groups excluding carboxylic acids is 2. The topological polar surface area (TPSA) is 101 Å². The molecule has 0 fully saturated rings. The van der Waals surface area contributed by atoms with Crippen LogP contribution in [0.4, 0.5) is 0 Å². The number of pyridine rings is 2. The van der Waals surface area contributed by atoms with E-state index in [9.17, 15) is 18.0 Å². The Morgan fingerprint density at radius 3 is 1.94 bits per heavy atom. The van der Waals surface area contributed by atoms with Gasteiger partial charge in [-0.1, -0.05) is 12.1 Å². The Morgan fingerprint density at radius 2 is 1.35 bits per heavy atom. The molecule has 31 heavy (non-hydrogen) atoms. The van der Waals surface area contributed by atoms with Gasteiger partial charge in [-0.15, -0.1) is 0 Å². The Labute approximate surface area is 180 Å². The zero-order chi connectivity index (χ0) is 21.8. The number of imide groups is 1. The van der Waals surface area contributed by atoms with Crippen LogP contribution in [-0.4, -0.2) is 52.5 Å². The van der Waals surface area contributed by atoms with Gasteiger partial charge in [-0.05, 0) is 48.4 Å². The zero-order valence-corrected chi connectivity index (χ0v) is 17.4. The van der Waals surface area contributed by atoms with Crippen LogP contribution in [0.5, 0.6) is 0 Å². The molecule has 0 spiro atoms. The van der Waals surface area contributed by atoms with Crippen LogP contribution in [-0.2, 0) is 16.6 Å². The van der Waals surface area contributed by atoms with Crippen molar-refractivity contribution in [1.29, 1.82) is 0 Å². The van der Waals surface area contributed by atoms with Crippen molar-refractivity contribution in [3.63, 3.8) is 0 Å². The molecule has 9 heteroatoms. The van der Waals surface area contributed by atoms with E-state index in [1.165, 1.54) is 33.7 Å². The highest BCUT2D eigenvalue weighted by atomic mass is 32.2. The fourth-order valence-electron chi connectivity index (χ4n) is 3.48. The maximum Gasteiger partial charge on any atom is 0.261 e.